The second-order valence-corrected chi connectivity index (χ2v) is 4.85. The van der Waals surface area contributed by atoms with Gasteiger partial charge in [-0.1, -0.05) is 0 Å². The Morgan fingerprint density at radius 1 is 1.50 bits per heavy atom. The summed E-state index contributed by atoms with van der Waals surface area (Å²) in [5.74, 6) is -0.405. The number of aliphatic hydroxyl groups excluding tert-OH is 1. The SMILES string of the molecule is CCOC(=O)[C@H]1O[C@H](n2cnc3c(N)ncnc32)[C@H](O)[C@@H]1N. The third kappa shape index (κ3) is 2.17. The largest absolute Gasteiger partial charge is 0.464 e. The maximum atomic E-state index is 11.8. The highest BCUT2D eigenvalue weighted by molar-refractivity contribution is 5.81. The number of fused-ring (bicyclic) bond motifs is 1. The minimum absolute atomic E-state index is 0.198. The van der Waals surface area contributed by atoms with E-state index >= 15 is 0 Å². The second kappa shape index (κ2) is 5.48. The van der Waals surface area contributed by atoms with Crippen molar-refractivity contribution in [1.29, 1.82) is 0 Å². The molecule has 0 unspecified atom stereocenters. The van der Waals surface area contributed by atoms with Gasteiger partial charge in [-0.3, -0.25) is 4.57 Å². The molecule has 118 valence electrons. The summed E-state index contributed by atoms with van der Waals surface area (Å²) in [6.07, 6.45) is -0.410. The highest BCUT2D eigenvalue weighted by atomic mass is 16.6. The zero-order valence-corrected chi connectivity index (χ0v) is 11.8. The van der Waals surface area contributed by atoms with Gasteiger partial charge in [0.2, 0.25) is 0 Å². The molecule has 1 aliphatic rings. The van der Waals surface area contributed by atoms with Gasteiger partial charge in [-0.2, -0.15) is 0 Å². The van der Waals surface area contributed by atoms with Crippen LogP contribution in [0.1, 0.15) is 13.2 Å². The number of hydrogen-bond acceptors (Lipinski definition) is 9. The van der Waals surface area contributed by atoms with E-state index in [2.05, 4.69) is 15.0 Å². The lowest BCUT2D eigenvalue weighted by atomic mass is 10.1. The Morgan fingerprint density at radius 2 is 2.27 bits per heavy atom. The van der Waals surface area contributed by atoms with Gasteiger partial charge in [-0.25, -0.2) is 19.7 Å². The number of carbonyl (C=O) groups excluding carboxylic acids is 1. The van der Waals surface area contributed by atoms with Crippen LogP contribution in [0.5, 0.6) is 0 Å². The number of aliphatic hydroxyl groups is 1. The molecule has 2 aromatic heterocycles. The number of nitrogen functional groups attached to an aromatic ring is 1. The van der Waals surface area contributed by atoms with Gasteiger partial charge in [-0.15, -0.1) is 0 Å². The van der Waals surface area contributed by atoms with Crippen LogP contribution in [-0.2, 0) is 14.3 Å². The van der Waals surface area contributed by atoms with Crippen molar-refractivity contribution in [3.8, 4) is 0 Å². The normalized spacial score (nSPS) is 28.1. The fourth-order valence-electron chi connectivity index (χ4n) is 2.41. The van der Waals surface area contributed by atoms with Crippen LogP contribution in [-0.4, -0.2) is 55.5 Å². The molecule has 0 saturated carbocycles. The van der Waals surface area contributed by atoms with Crippen LogP contribution < -0.4 is 11.5 Å². The van der Waals surface area contributed by atoms with Crippen molar-refractivity contribution >= 4 is 23.0 Å². The molecule has 1 aliphatic heterocycles. The molecule has 22 heavy (non-hydrogen) atoms. The van der Waals surface area contributed by atoms with Gasteiger partial charge >= 0.3 is 5.97 Å². The summed E-state index contributed by atoms with van der Waals surface area (Å²) in [6, 6.07) is -0.916. The number of hydrogen-bond donors (Lipinski definition) is 3. The van der Waals surface area contributed by atoms with Crippen LogP contribution in [0, 0.1) is 0 Å². The number of imidazole rings is 1. The minimum Gasteiger partial charge on any atom is -0.464 e. The minimum atomic E-state index is -1.12. The van der Waals surface area contributed by atoms with E-state index in [1.807, 2.05) is 0 Å². The highest BCUT2D eigenvalue weighted by Gasteiger charge is 2.47. The Labute approximate surface area is 125 Å². The van der Waals surface area contributed by atoms with Crippen LogP contribution in [0.4, 0.5) is 5.82 Å². The Hall–Kier alpha value is -2.30. The third-order valence-electron chi connectivity index (χ3n) is 3.50. The molecule has 0 amide bonds. The predicted octanol–water partition coefficient (Wildman–Crippen LogP) is -1.44. The van der Waals surface area contributed by atoms with Gasteiger partial charge in [0.15, 0.2) is 23.8 Å². The average molecular weight is 308 g/mol. The van der Waals surface area contributed by atoms with Gasteiger partial charge in [0, 0.05) is 0 Å². The van der Waals surface area contributed by atoms with Crippen molar-refractivity contribution in [2.24, 2.45) is 5.73 Å². The fourth-order valence-corrected chi connectivity index (χ4v) is 2.41. The van der Waals surface area contributed by atoms with Gasteiger partial charge in [0.25, 0.3) is 0 Å². The van der Waals surface area contributed by atoms with Crippen LogP contribution >= 0.6 is 0 Å². The van der Waals surface area contributed by atoms with Crippen LogP contribution in [0.25, 0.3) is 11.2 Å². The smallest absolute Gasteiger partial charge is 0.337 e. The molecular formula is C12H16N6O4. The lowest BCUT2D eigenvalue weighted by Crippen LogP contribution is -2.44. The van der Waals surface area contributed by atoms with E-state index in [0.717, 1.165) is 0 Å². The van der Waals surface area contributed by atoms with Gasteiger partial charge in [0.05, 0.1) is 19.0 Å². The topological polar surface area (TPSA) is 151 Å². The number of carbonyl (C=O) groups is 1. The lowest BCUT2D eigenvalue weighted by Gasteiger charge is -2.16. The van der Waals surface area contributed by atoms with Crippen molar-refractivity contribution in [2.75, 3.05) is 12.3 Å². The molecule has 0 radical (unpaired) electrons. The van der Waals surface area contributed by atoms with E-state index in [1.54, 1.807) is 6.92 Å². The lowest BCUT2D eigenvalue weighted by molar-refractivity contribution is -0.158. The van der Waals surface area contributed by atoms with Crippen molar-refractivity contribution in [3.63, 3.8) is 0 Å². The molecule has 10 heteroatoms. The first-order chi connectivity index (χ1) is 10.5. The first-order valence-corrected chi connectivity index (χ1v) is 6.73. The fraction of sp³-hybridized carbons (Fsp3) is 0.500. The predicted molar refractivity (Wildman–Crippen MR) is 74.3 cm³/mol. The molecular weight excluding hydrogens is 292 g/mol. The maximum Gasteiger partial charge on any atom is 0.337 e. The van der Waals surface area contributed by atoms with Gasteiger partial charge in [0.1, 0.15) is 17.9 Å². The maximum absolute atomic E-state index is 11.8. The molecule has 4 atom stereocenters. The summed E-state index contributed by atoms with van der Waals surface area (Å²) < 4.78 is 11.9. The first-order valence-electron chi connectivity index (χ1n) is 6.73. The zero-order valence-electron chi connectivity index (χ0n) is 11.8. The molecule has 3 heterocycles. The van der Waals surface area contributed by atoms with Crippen molar-refractivity contribution in [1.82, 2.24) is 19.5 Å². The van der Waals surface area contributed by atoms with Crippen molar-refractivity contribution in [3.05, 3.63) is 12.7 Å². The highest BCUT2D eigenvalue weighted by Crippen LogP contribution is 2.31. The zero-order chi connectivity index (χ0) is 15.9. The summed E-state index contributed by atoms with van der Waals surface area (Å²) in [7, 11) is 0. The number of rotatable bonds is 3. The van der Waals surface area contributed by atoms with Crippen molar-refractivity contribution in [2.45, 2.75) is 31.4 Å². The Bertz CT molecular complexity index is 704. The summed E-state index contributed by atoms with van der Waals surface area (Å²) in [5, 5.41) is 10.3. The summed E-state index contributed by atoms with van der Waals surface area (Å²) in [5.41, 5.74) is 12.3. The van der Waals surface area contributed by atoms with E-state index in [9.17, 15) is 9.90 Å². The quantitative estimate of drug-likeness (QED) is 0.578. The van der Waals surface area contributed by atoms with Crippen molar-refractivity contribution < 1.29 is 19.4 Å². The van der Waals surface area contributed by atoms with Crippen LogP contribution in [0.15, 0.2) is 12.7 Å². The standard InChI is InChI=1S/C12H16N6O4/c1-2-21-12(20)8-5(13)7(19)11(22-8)18-4-17-6-9(14)15-3-16-10(6)18/h3-5,7-8,11,19H,2,13H2,1H3,(H2,14,15,16)/t5-,7+,8-,11-/m0/s1. The molecule has 0 spiro atoms. The molecule has 5 N–H and O–H groups in total. The molecule has 1 saturated heterocycles. The molecule has 0 aliphatic carbocycles. The van der Waals surface area contributed by atoms with E-state index in [4.69, 9.17) is 20.9 Å². The number of aromatic nitrogens is 4. The van der Waals surface area contributed by atoms with E-state index in [-0.39, 0.29) is 12.4 Å². The number of esters is 1. The third-order valence-corrected chi connectivity index (χ3v) is 3.50. The Balaban J connectivity index is 1.94. The monoisotopic (exact) mass is 308 g/mol. The van der Waals surface area contributed by atoms with E-state index in [0.29, 0.717) is 11.2 Å². The average Bonchev–Trinajstić information content (AvgIpc) is 3.03. The van der Waals surface area contributed by atoms with Gasteiger partial charge in [-0.05, 0) is 6.92 Å². The van der Waals surface area contributed by atoms with Crippen LogP contribution in [0.2, 0.25) is 0 Å². The molecule has 1 fully saturated rings. The summed E-state index contributed by atoms with van der Waals surface area (Å²) >= 11 is 0. The summed E-state index contributed by atoms with van der Waals surface area (Å²) in [4.78, 5) is 23.8. The number of nitrogens with two attached hydrogens (primary N) is 2. The summed E-state index contributed by atoms with van der Waals surface area (Å²) in [6.45, 7) is 1.87. The Morgan fingerprint density at radius 3 is 3.00 bits per heavy atom. The molecule has 0 bridgehead atoms. The Kier molecular flexibility index (Phi) is 3.64. The number of nitrogens with zero attached hydrogens (tertiary/aromatic N) is 4. The van der Waals surface area contributed by atoms with Crippen LogP contribution in [0.3, 0.4) is 0 Å². The van der Waals surface area contributed by atoms with E-state index < -0.39 is 30.4 Å². The molecule has 2 aromatic rings. The second-order valence-electron chi connectivity index (χ2n) is 4.85. The van der Waals surface area contributed by atoms with E-state index in [1.165, 1.54) is 17.2 Å². The number of ether oxygens (including phenoxy) is 2. The molecule has 10 nitrogen and oxygen atoms in total. The number of anilines is 1. The van der Waals surface area contributed by atoms with Gasteiger partial charge < -0.3 is 26.0 Å². The molecule has 3 rings (SSSR count). The molecule has 0 aromatic carbocycles. The first kappa shape index (κ1) is 14.6.